The van der Waals surface area contributed by atoms with Crippen LogP contribution in [0.2, 0.25) is 0 Å². The van der Waals surface area contributed by atoms with E-state index in [1.165, 1.54) is 25.3 Å². The van der Waals surface area contributed by atoms with Gasteiger partial charge in [-0.1, -0.05) is 25.5 Å². The number of allylic oxidation sites excluding steroid dienone is 1. The van der Waals surface area contributed by atoms with Crippen molar-refractivity contribution < 1.29 is 33.6 Å². The molecule has 0 atom stereocenters. The van der Waals surface area contributed by atoms with Crippen LogP contribution in [0, 0.1) is 0 Å². The highest BCUT2D eigenvalue weighted by atomic mass is 16.5. The molecule has 0 spiro atoms. The largest absolute Gasteiger partial charge is 0.493 e. The maximum absolute atomic E-state index is 12.5. The monoisotopic (exact) mass is 414 g/mol. The zero-order valence-corrected chi connectivity index (χ0v) is 17.3. The fraction of sp³-hybridized carbons (Fsp3) is 0.304. The summed E-state index contributed by atoms with van der Waals surface area (Å²) in [5.74, 6) is 0.464. The molecule has 0 aliphatic rings. The van der Waals surface area contributed by atoms with Crippen LogP contribution in [-0.2, 0) is 4.79 Å². The number of carbonyl (C=O) groups excluding carboxylic acids is 1. The van der Waals surface area contributed by atoms with Crippen LogP contribution in [0.4, 0.5) is 0 Å². The Morgan fingerprint density at radius 1 is 0.933 bits per heavy atom. The molecular formula is C23H26O7. The Balaban J connectivity index is 2.12. The quantitative estimate of drug-likeness (QED) is 0.315. The first-order valence-corrected chi connectivity index (χ1v) is 9.54. The average Bonchev–Trinajstić information content (AvgIpc) is 2.76. The highest BCUT2D eigenvalue weighted by Gasteiger charge is 2.11. The molecule has 0 unspecified atom stereocenters. The number of rotatable bonds is 12. The van der Waals surface area contributed by atoms with E-state index in [2.05, 4.69) is 6.92 Å². The van der Waals surface area contributed by atoms with Crippen molar-refractivity contribution in [2.45, 2.75) is 19.8 Å². The third-order valence-corrected chi connectivity index (χ3v) is 4.17. The molecule has 0 heterocycles. The SMILES string of the molecule is CCCCOc1ccc(/C=C/C(=O)c2ccc(OCC(=O)O)c(OC)c2)cc1OC. The van der Waals surface area contributed by atoms with Gasteiger partial charge in [-0.15, -0.1) is 0 Å². The second-order valence-electron chi connectivity index (χ2n) is 6.36. The molecule has 0 radical (unpaired) electrons. The fourth-order valence-corrected chi connectivity index (χ4v) is 2.58. The van der Waals surface area contributed by atoms with Crippen LogP contribution in [-0.4, -0.2) is 44.3 Å². The maximum Gasteiger partial charge on any atom is 0.341 e. The lowest BCUT2D eigenvalue weighted by atomic mass is 10.1. The summed E-state index contributed by atoms with van der Waals surface area (Å²) in [6, 6.07) is 10.0. The molecule has 2 rings (SSSR count). The van der Waals surface area contributed by atoms with E-state index in [4.69, 9.17) is 24.1 Å². The van der Waals surface area contributed by atoms with Gasteiger partial charge in [-0.25, -0.2) is 4.79 Å². The molecular weight excluding hydrogens is 388 g/mol. The first kappa shape index (κ1) is 22.8. The number of unbranched alkanes of at least 4 members (excludes halogenated alkanes) is 1. The van der Waals surface area contributed by atoms with Crippen molar-refractivity contribution in [3.8, 4) is 23.0 Å². The van der Waals surface area contributed by atoms with Gasteiger partial charge in [-0.3, -0.25) is 4.79 Å². The number of carbonyl (C=O) groups is 2. The topological polar surface area (TPSA) is 91.3 Å². The van der Waals surface area contributed by atoms with Crippen LogP contribution in [0.5, 0.6) is 23.0 Å². The van der Waals surface area contributed by atoms with Crippen molar-refractivity contribution in [3.63, 3.8) is 0 Å². The van der Waals surface area contributed by atoms with Gasteiger partial charge in [0, 0.05) is 5.56 Å². The molecule has 0 aliphatic carbocycles. The third kappa shape index (κ3) is 6.55. The Morgan fingerprint density at radius 2 is 1.60 bits per heavy atom. The average molecular weight is 414 g/mol. The van der Waals surface area contributed by atoms with Crippen molar-refractivity contribution in [2.24, 2.45) is 0 Å². The van der Waals surface area contributed by atoms with E-state index in [1.54, 1.807) is 25.3 Å². The van der Waals surface area contributed by atoms with Gasteiger partial charge in [-0.05, 0) is 48.4 Å². The molecule has 0 fully saturated rings. The minimum atomic E-state index is -1.10. The highest BCUT2D eigenvalue weighted by molar-refractivity contribution is 6.07. The number of carboxylic acid groups (broad SMARTS) is 1. The van der Waals surface area contributed by atoms with E-state index in [1.807, 2.05) is 12.1 Å². The zero-order chi connectivity index (χ0) is 21.9. The number of hydrogen-bond donors (Lipinski definition) is 1. The van der Waals surface area contributed by atoms with Gasteiger partial charge >= 0.3 is 5.97 Å². The van der Waals surface area contributed by atoms with Crippen LogP contribution >= 0.6 is 0 Å². The second kappa shape index (κ2) is 11.5. The van der Waals surface area contributed by atoms with E-state index in [9.17, 15) is 9.59 Å². The summed E-state index contributed by atoms with van der Waals surface area (Å²) < 4.78 is 21.4. The number of hydrogen-bond acceptors (Lipinski definition) is 6. The molecule has 0 aliphatic heterocycles. The van der Waals surface area contributed by atoms with Gasteiger partial charge in [0.05, 0.1) is 20.8 Å². The molecule has 0 bridgehead atoms. The lowest BCUT2D eigenvalue weighted by Gasteiger charge is -2.11. The van der Waals surface area contributed by atoms with Crippen molar-refractivity contribution in [1.82, 2.24) is 0 Å². The summed E-state index contributed by atoms with van der Waals surface area (Å²) in [5, 5.41) is 8.72. The molecule has 0 saturated heterocycles. The molecule has 2 aromatic carbocycles. The van der Waals surface area contributed by atoms with Crippen molar-refractivity contribution in [3.05, 3.63) is 53.6 Å². The van der Waals surface area contributed by atoms with Crippen LogP contribution in [0.3, 0.4) is 0 Å². The smallest absolute Gasteiger partial charge is 0.341 e. The van der Waals surface area contributed by atoms with Crippen molar-refractivity contribution in [1.29, 1.82) is 0 Å². The Bertz CT molecular complexity index is 902. The van der Waals surface area contributed by atoms with Gasteiger partial charge in [0.25, 0.3) is 0 Å². The Hall–Kier alpha value is -3.48. The summed E-state index contributed by atoms with van der Waals surface area (Å²) in [6.45, 7) is 2.22. The normalized spacial score (nSPS) is 10.6. The number of methoxy groups -OCH3 is 2. The van der Waals surface area contributed by atoms with Crippen LogP contribution in [0.15, 0.2) is 42.5 Å². The standard InChI is InChI=1S/C23H26O7/c1-4-5-12-29-19-10-7-16(13-21(19)27-2)6-9-18(24)17-8-11-20(22(14-17)28-3)30-15-23(25)26/h6-11,13-14H,4-5,12,15H2,1-3H3,(H,25,26)/b9-6+. The van der Waals surface area contributed by atoms with E-state index >= 15 is 0 Å². The molecule has 0 saturated carbocycles. The van der Waals surface area contributed by atoms with Crippen LogP contribution in [0.25, 0.3) is 6.08 Å². The first-order valence-electron chi connectivity index (χ1n) is 9.54. The van der Waals surface area contributed by atoms with E-state index in [0.29, 0.717) is 23.7 Å². The van der Waals surface area contributed by atoms with Gasteiger partial charge in [0.2, 0.25) is 0 Å². The molecule has 1 N–H and O–H groups in total. The van der Waals surface area contributed by atoms with Crippen LogP contribution in [0.1, 0.15) is 35.7 Å². The Labute approximate surface area is 175 Å². The molecule has 0 aromatic heterocycles. The van der Waals surface area contributed by atoms with Gasteiger partial charge in [0.1, 0.15) is 0 Å². The molecule has 30 heavy (non-hydrogen) atoms. The zero-order valence-electron chi connectivity index (χ0n) is 17.3. The predicted molar refractivity (Wildman–Crippen MR) is 113 cm³/mol. The number of benzene rings is 2. The summed E-state index contributed by atoms with van der Waals surface area (Å²) in [6.07, 6.45) is 5.13. The second-order valence-corrected chi connectivity index (χ2v) is 6.36. The van der Waals surface area contributed by atoms with E-state index in [0.717, 1.165) is 18.4 Å². The maximum atomic E-state index is 12.5. The lowest BCUT2D eigenvalue weighted by Crippen LogP contribution is -2.10. The molecule has 7 heteroatoms. The third-order valence-electron chi connectivity index (χ3n) is 4.17. The highest BCUT2D eigenvalue weighted by Crippen LogP contribution is 2.30. The number of ether oxygens (including phenoxy) is 4. The summed E-state index contributed by atoms with van der Waals surface area (Å²) in [7, 11) is 2.99. The number of ketones is 1. The van der Waals surface area contributed by atoms with Gasteiger partial charge in [0.15, 0.2) is 35.4 Å². The van der Waals surface area contributed by atoms with E-state index in [-0.39, 0.29) is 17.3 Å². The summed E-state index contributed by atoms with van der Waals surface area (Å²) >= 11 is 0. The molecule has 2 aromatic rings. The Kier molecular flexibility index (Phi) is 8.75. The molecule has 7 nitrogen and oxygen atoms in total. The van der Waals surface area contributed by atoms with Crippen LogP contribution < -0.4 is 18.9 Å². The van der Waals surface area contributed by atoms with E-state index < -0.39 is 12.6 Å². The number of aliphatic carboxylic acids is 1. The molecule has 0 amide bonds. The summed E-state index contributed by atoms with van der Waals surface area (Å²) in [4.78, 5) is 23.2. The van der Waals surface area contributed by atoms with Crippen molar-refractivity contribution >= 4 is 17.8 Å². The number of carboxylic acids is 1. The van der Waals surface area contributed by atoms with Gasteiger partial charge in [-0.2, -0.15) is 0 Å². The van der Waals surface area contributed by atoms with Gasteiger partial charge < -0.3 is 24.1 Å². The molecule has 160 valence electrons. The van der Waals surface area contributed by atoms with Crippen molar-refractivity contribution in [2.75, 3.05) is 27.4 Å². The first-order chi connectivity index (χ1) is 14.5. The summed E-state index contributed by atoms with van der Waals surface area (Å²) in [5.41, 5.74) is 1.17. The minimum Gasteiger partial charge on any atom is -0.493 e. The fourth-order valence-electron chi connectivity index (χ4n) is 2.58. The predicted octanol–water partition coefficient (Wildman–Crippen LogP) is 4.24. The minimum absolute atomic E-state index is 0.236. The Morgan fingerprint density at radius 3 is 2.27 bits per heavy atom. The lowest BCUT2D eigenvalue weighted by molar-refractivity contribution is -0.139.